The van der Waals surface area contributed by atoms with E-state index >= 15 is 0 Å². The van der Waals surface area contributed by atoms with Crippen molar-refractivity contribution < 1.29 is 54.4 Å². The van der Waals surface area contributed by atoms with E-state index in [-0.39, 0.29) is 12.0 Å². The fourth-order valence-corrected chi connectivity index (χ4v) is 3.50. The van der Waals surface area contributed by atoms with Gasteiger partial charge in [-0.2, -0.15) is 0 Å². The molecule has 180 valence electrons. The van der Waals surface area contributed by atoms with Gasteiger partial charge < -0.3 is 44.8 Å². The quantitative estimate of drug-likeness (QED) is 0.205. The molecule has 11 nitrogen and oxygen atoms in total. The van der Waals surface area contributed by atoms with Crippen LogP contribution in [0.5, 0.6) is 0 Å². The highest BCUT2D eigenvalue weighted by Gasteiger charge is 2.47. The van der Waals surface area contributed by atoms with Gasteiger partial charge in [-0.05, 0) is 17.7 Å². The molecular formula is C22H26O11. The zero-order valence-corrected chi connectivity index (χ0v) is 17.4. The number of hydrogen-bond acceptors (Lipinski definition) is 10. The second-order valence-electron chi connectivity index (χ2n) is 7.75. The molecule has 1 heterocycles. The number of aliphatic carboxylic acids is 1. The van der Waals surface area contributed by atoms with Crippen molar-refractivity contribution >= 4 is 18.0 Å². The van der Waals surface area contributed by atoms with Crippen LogP contribution in [0, 0.1) is 0 Å². The Hall–Kier alpha value is -2.64. The summed E-state index contributed by atoms with van der Waals surface area (Å²) in [7, 11) is 0. The minimum absolute atomic E-state index is 0.209. The zero-order chi connectivity index (χ0) is 24.1. The third kappa shape index (κ3) is 6.24. The number of aliphatic hydroxyl groups is 5. The maximum absolute atomic E-state index is 12.0. The molecule has 33 heavy (non-hydrogen) atoms. The van der Waals surface area contributed by atoms with E-state index in [0.29, 0.717) is 0 Å². The van der Waals surface area contributed by atoms with Crippen LogP contribution in [-0.2, 0) is 23.8 Å². The van der Waals surface area contributed by atoms with Gasteiger partial charge in [-0.15, -0.1) is 0 Å². The molecule has 8 unspecified atom stereocenters. The van der Waals surface area contributed by atoms with Crippen LogP contribution in [0.4, 0.5) is 0 Å². The number of benzene rings is 1. The summed E-state index contributed by atoms with van der Waals surface area (Å²) < 4.78 is 15.9. The molecule has 0 saturated carbocycles. The Morgan fingerprint density at radius 2 is 1.70 bits per heavy atom. The Morgan fingerprint density at radius 3 is 2.36 bits per heavy atom. The molecule has 0 bridgehead atoms. The molecule has 0 spiro atoms. The van der Waals surface area contributed by atoms with Crippen molar-refractivity contribution in [1.82, 2.24) is 0 Å². The minimum Gasteiger partial charge on any atom is -0.478 e. The van der Waals surface area contributed by atoms with Gasteiger partial charge >= 0.3 is 11.9 Å². The Kier molecular flexibility index (Phi) is 8.32. The maximum atomic E-state index is 12.0. The van der Waals surface area contributed by atoms with E-state index in [0.717, 1.165) is 11.6 Å². The van der Waals surface area contributed by atoms with E-state index in [2.05, 4.69) is 0 Å². The van der Waals surface area contributed by atoms with Crippen molar-refractivity contribution in [3.63, 3.8) is 0 Å². The standard InChI is InChI=1S/C22H26O11/c23-13-8-12(21(29)30)9-14(17(13)25)32-22-20(28)19(27)18(26)15(33-22)10-31-16(24)7-6-11-4-2-1-3-5-11/h1-8,13-15,17-20,22-23,25-28H,9-10H2,(H,29,30). The van der Waals surface area contributed by atoms with E-state index in [1.165, 1.54) is 12.2 Å². The van der Waals surface area contributed by atoms with Crippen molar-refractivity contribution in [2.75, 3.05) is 6.61 Å². The second-order valence-corrected chi connectivity index (χ2v) is 7.75. The first kappa shape index (κ1) is 25.0. The van der Waals surface area contributed by atoms with Crippen LogP contribution in [0.25, 0.3) is 6.08 Å². The van der Waals surface area contributed by atoms with Crippen LogP contribution in [0.15, 0.2) is 48.1 Å². The number of hydrogen-bond donors (Lipinski definition) is 6. The summed E-state index contributed by atoms with van der Waals surface area (Å²) in [6.07, 6.45) is -8.98. The predicted molar refractivity (Wildman–Crippen MR) is 110 cm³/mol. The third-order valence-electron chi connectivity index (χ3n) is 5.38. The molecule has 1 aliphatic carbocycles. The average molecular weight is 466 g/mol. The van der Waals surface area contributed by atoms with Gasteiger partial charge in [0.25, 0.3) is 0 Å². The summed E-state index contributed by atoms with van der Waals surface area (Å²) in [5.41, 5.74) is 0.554. The summed E-state index contributed by atoms with van der Waals surface area (Å²) in [6, 6.07) is 8.96. The lowest BCUT2D eigenvalue weighted by Gasteiger charge is -2.42. The van der Waals surface area contributed by atoms with Crippen molar-refractivity contribution in [3.8, 4) is 0 Å². The van der Waals surface area contributed by atoms with Crippen molar-refractivity contribution in [3.05, 3.63) is 53.6 Å². The molecule has 1 aromatic rings. The van der Waals surface area contributed by atoms with Crippen LogP contribution in [0.3, 0.4) is 0 Å². The van der Waals surface area contributed by atoms with Crippen LogP contribution in [-0.4, -0.2) is 98.2 Å². The van der Waals surface area contributed by atoms with Gasteiger partial charge in [0.05, 0.1) is 6.10 Å². The normalized spacial score (nSPS) is 34.6. The van der Waals surface area contributed by atoms with Crippen molar-refractivity contribution in [2.24, 2.45) is 0 Å². The highest BCUT2D eigenvalue weighted by atomic mass is 16.7. The summed E-state index contributed by atoms with van der Waals surface area (Å²) in [5, 5.41) is 59.7. The smallest absolute Gasteiger partial charge is 0.331 e. The number of ether oxygens (including phenoxy) is 3. The average Bonchev–Trinajstić information content (AvgIpc) is 2.80. The fourth-order valence-electron chi connectivity index (χ4n) is 3.50. The summed E-state index contributed by atoms with van der Waals surface area (Å²) in [5.74, 6) is -2.06. The first-order chi connectivity index (χ1) is 15.7. The highest BCUT2D eigenvalue weighted by Crippen LogP contribution is 2.28. The largest absolute Gasteiger partial charge is 0.478 e. The van der Waals surface area contributed by atoms with E-state index in [4.69, 9.17) is 19.3 Å². The molecule has 1 aliphatic heterocycles. The molecule has 11 heteroatoms. The van der Waals surface area contributed by atoms with Crippen LogP contribution < -0.4 is 0 Å². The zero-order valence-electron chi connectivity index (χ0n) is 17.4. The molecule has 8 atom stereocenters. The van der Waals surface area contributed by atoms with Crippen LogP contribution >= 0.6 is 0 Å². The van der Waals surface area contributed by atoms with E-state index < -0.39 is 67.6 Å². The topological polar surface area (TPSA) is 183 Å². The maximum Gasteiger partial charge on any atom is 0.331 e. The Labute approximate surface area is 188 Å². The van der Waals surface area contributed by atoms with E-state index in [9.17, 15) is 35.1 Å². The van der Waals surface area contributed by atoms with Gasteiger partial charge in [0.15, 0.2) is 6.29 Å². The van der Waals surface area contributed by atoms with E-state index in [1.807, 2.05) is 6.07 Å². The first-order valence-electron chi connectivity index (χ1n) is 10.2. The number of carboxylic acid groups (broad SMARTS) is 1. The molecule has 0 aromatic heterocycles. The molecule has 1 aromatic carbocycles. The van der Waals surface area contributed by atoms with Crippen molar-refractivity contribution in [1.29, 1.82) is 0 Å². The molecule has 2 aliphatic rings. The Balaban J connectivity index is 1.61. The Morgan fingerprint density at radius 1 is 1.00 bits per heavy atom. The second kappa shape index (κ2) is 11.0. The predicted octanol–water partition coefficient (Wildman–Crippen LogP) is -1.43. The summed E-state index contributed by atoms with van der Waals surface area (Å²) in [6.45, 7) is -0.487. The van der Waals surface area contributed by atoms with Gasteiger partial charge in [0, 0.05) is 18.1 Å². The SMILES string of the molecule is O=C(C=Cc1ccccc1)OCC1OC(OC2CC(C(=O)O)=CC(O)C2O)C(O)C(O)C1O. The number of carbonyl (C=O) groups excluding carboxylic acids is 1. The Bertz CT molecular complexity index is 884. The number of aliphatic hydroxyl groups excluding tert-OH is 5. The number of carboxylic acids is 1. The van der Waals surface area contributed by atoms with Crippen LogP contribution in [0.1, 0.15) is 12.0 Å². The van der Waals surface area contributed by atoms with Gasteiger partial charge in [0.1, 0.15) is 43.2 Å². The molecule has 0 amide bonds. The monoisotopic (exact) mass is 466 g/mol. The van der Waals surface area contributed by atoms with Gasteiger partial charge in [-0.25, -0.2) is 9.59 Å². The molecule has 6 N–H and O–H groups in total. The van der Waals surface area contributed by atoms with Crippen LogP contribution in [0.2, 0.25) is 0 Å². The van der Waals surface area contributed by atoms with Gasteiger partial charge in [-0.3, -0.25) is 0 Å². The first-order valence-corrected chi connectivity index (χ1v) is 10.2. The highest BCUT2D eigenvalue weighted by molar-refractivity contribution is 5.87. The fraction of sp³-hybridized carbons (Fsp3) is 0.455. The number of esters is 1. The molecule has 0 radical (unpaired) electrons. The van der Waals surface area contributed by atoms with Crippen molar-refractivity contribution in [2.45, 2.75) is 55.4 Å². The van der Waals surface area contributed by atoms with E-state index in [1.54, 1.807) is 24.3 Å². The summed E-state index contributed by atoms with van der Waals surface area (Å²) in [4.78, 5) is 23.2. The van der Waals surface area contributed by atoms with Gasteiger partial charge in [-0.1, -0.05) is 30.3 Å². The molecular weight excluding hydrogens is 440 g/mol. The lowest BCUT2D eigenvalue weighted by Crippen LogP contribution is -2.60. The molecule has 3 rings (SSSR count). The number of rotatable bonds is 7. The lowest BCUT2D eigenvalue weighted by atomic mass is 9.91. The van der Waals surface area contributed by atoms with Gasteiger partial charge in [0.2, 0.25) is 0 Å². The third-order valence-corrected chi connectivity index (χ3v) is 5.38. The number of carbonyl (C=O) groups is 2. The minimum atomic E-state index is -1.76. The molecule has 1 saturated heterocycles. The summed E-state index contributed by atoms with van der Waals surface area (Å²) >= 11 is 0. The molecule has 1 fully saturated rings. The lowest BCUT2D eigenvalue weighted by molar-refractivity contribution is -0.319.